The number of rotatable bonds is 7. The maximum atomic E-state index is 13.0. The molecule has 3 N–H and O–H groups in total. The Balaban J connectivity index is 0.000000512. The minimum absolute atomic E-state index is 0.237. The van der Waals surface area contributed by atoms with Crippen LogP contribution in [-0.4, -0.2) is 52.7 Å². The number of hydrogen-bond acceptors (Lipinski definition) is 4. The highest BCUT2D eigenvalue weighted by Crippen LogP contribution is 2.35. The summed E-state index contributed by atoms with van der Waals surface area (Å²) in [4.78, 5) is 21.4. The van der Waals surface area contributed by atoms with Gasteiger partial charge in [0, 0.05) is 31.3 Å². The number of alkyl halides is 3. The Bertz CT molecular complexity index is 747. The van der Waals surface area contributed by atoms with Gasteiger partial charge in [0.25, 0.3) is 0 Å². The second-order valence-electron chi connectivity index (χ2n) is 7.63. The van der Waals surface area contributed by atoms with E-state index in [-0.39, 0.29) is 5.02 Å². The fraction of sp³-hybridized carbons (Fsp3) is 0.524. The SMILES string of the molecule is CC(C)CN(Cc1ccc(Cl)c(C(F)(F)F)c1)C1CCNCC1.O=C(O)C=CC(=O)O. The average Bonchev–Trinajstić information content (AvgIpc) is 2.67. The first-order valence-electron chi connectivity index (χ1n) is 9.84. The first-order valence-corrected chi connectivity index (χ1v) is 10.2. The monoisotopic (exact) mass is 464 g/mol. The number of piperidine rings is 1. The summed E-state index contributed by atoms with van der Waals surface area (Å²) in [5, 5.41) is 18.7. The average molecular weight is 465 g/mol. The summed E-state index contributed by atoms with van der Waals surface area (Å²) in [6, 6.07) is 4.67. The van der Waals surface area contributed by atoms with Crippen molar-refractivity contribution < 1.29 is 33.0 Å². The maximum Gasteiger partial charge on any atom is 0.417 e. The molecule has 0 saturated carbocycles. The van der Waals surface area contributed by atoms with Crippen molar-refractivity contribution in [3.05, 3.63) is 46.5 Å². The molecule has 1 heterocycles. The Morgan fingerprint density at radius 3 is 2.19 bits per heavy atom. The summed E-state index contributed by atoms with van der Waals surface area (Å²) < 4.78 is 39.1. The van der Waals surface area contributed by atoms with Crippen LogP contribution in [0.3, 0.4) is 0 Å². The number of carbonyl (C=O) groups is 2. The summed E-state index contributed by atoms with van der Waals surface area (Å²) >= 11 is 5.71. The van der Waals surface area contributed by atoms with E-state index in [0.29, 0.717) is 36.2 Å². The van der Waals surface area contributed by atoms with E-state index in [1.54, 1.807) is 6.07 Å². The molecule has 0 atom stereocenters. The summed E-state index contributed by atoms with van der Waals surface area (Å²) in [6.07, 6.45) is -1.23. The minimum atomic E-state index is -4.41. The van der Waals surface area contributed by atoms with Crippen molar-refractivity contribution in [3.8, 4) is 0 Å². The lowest BCUT2D eigenvalue weighted by Crippen LogP contribution is -2.44. The van der Waals surface area contributed by atoms with Crippen LogP contribution in [0.15, 0.2) is 30.4 Å². The van der Waals surface area contributed by atoms with Crippen molar-refractivity contribution in [2.24, 2.45) is 5.92 Å². The third-order valence-electron chi connectivity index (χ3n) is 4.52. The zero-order valence-electron chi connectivity index (χ0n) is 17.5. The van der Waals surface area contributed by atoms with E-state index >= 15 is 0 Å². The molecule has 1 saturated heterocycles. The molecule has 10 heteroatoms. The van der Waals surface area contributed by atoms with Gasteiger partial charge in [-0.1, -0.05) is 31.5 Å². The molecule has 1 fully saturated rings. The third-order valence-corrected chi connectivity index (χ3v) is 4.84. The van der Waals surface area contributed by atoms with Crippen LogP contribution in [0.25, 0.3) is 0 Å². The van der Waals surface area contributed by atoms with Gasteiger partial charge in [0.05, 0.1) is 10.6 Å². The predicted molar refractivity (Wildman–Crippen MR) is 112 cm³/mol. The number of hydrogen-bond donors (Lipinski definition) is 3. The molecule has 31 heavy (non-hydrogen) atoms. The highest BCUT2D eigenvalue weighted by Gasteiger charge is 2.33. The largest absolute Gasteiger partial charge is 0.478 e. The molecule has 0 unspecified atom stereocenters. The normalized spacial score (nSPS) is 15.2. The van der Waals surface area contributed by atoms with Crippen LogP contribution in [0.5, 0.6) is 0 Å². The first kappa shape index (κ1) is 26.9. The molecule has 174 valence electrons. The van der Waals surface area contributed by atoms with E-state index < -0.39 is 23.7 Å². The van der Waals surface area contributed by atoms with E-state index in [2.05, 4.69) is 24.1 Å². The number of aliphatic carboxylic acids is 2. The Morgan fingerprint density at radius 1 is 1.19 bits per heavy atom. The highest BCUT2D eigenvalue weighted by molar-refractivity contribution is 6.31. The van der Waals surface area contributed by atoms with E-state index in [1.807, 2.05) is 0 Å². The molecule has 2 rings (SSSR count). The van der Waals surface area contributed by atoms with Gasteiger partial charge in [-0.25, -0.2) is 9.59 Å². The lowest BCUT2D eigenvalue weighted by atomic mass is 10.0. The molecular formula is C21H28ClF3N2O4. The van der Waals surface area contributed by atoms with Crippen molar-refractivity contribution in [1.82, 2.24) is 10.2 Å². The Morgan fingerprint density at radius 2 is 1.74 bits per heavy atom. The number of carboxylic acids is 2. The van der Waals surface area contributed by atoms with Gasteiger partial charge >= 0.3 is 18.1 Å². The van der Waals surface area contributed by atoms with Crippen LogP contribution >= 0.6 is 11.6 Å². The molecule has 0 radical (unpaired) electrons. The van der Waals surface area contributed by atoms with E-state index in [9.17, 15) is 22.8 Å². The second-order valence-corrected chi connectivity index (χ2v) is 8.03. The second kappa shape index (κ2) is 12.7. The molecule has 0 spiro atoms. The summed E-state index contributed by atoms with van der Waals surface area (Å²) in [6.45, 7) is 7.62. The van der Waals surface area contributed by atoms with Crippen LogP contribution in [0.4, 0.5) is 13.2 Å². The highest BCUT2D eigenvalue weighted by atomic mass is 35.5. The first-order chi connectivity index (χ1) is 14.4. The van der Waals surface area contributed by atoms with Crippen molar-refractivity contribution in [2.45, 2.75) is 45.5 Å². The molecule has 0 amide bonds. The van der Waals surface area contributed by atoms with Crippen LogP contribution < -0.4 is 5.32 Å². The number of nitrogens with zero attached hydrogens (tertiary/aromatic N) is 1. The molecule has 0 aliphatic carbocycles. The van der Waals surface area contributed by atoms with E-state index in [0.717, 1.165) is 32.5 Å². The van der Waals surface area contributed by atoms with Gasteiger partial charge in [-0.3, -0.25) is 4.90 Å². The van der Waals surface area contributed by atoms with Crippen LogP contribution in [-0.2, 0) is 22.3 Å². The van der Waals surface area contributed by atoms with Gasteiger partial charge < -0.3 is 15.5 Å². The van der Waals surface area contributed by atoms with Gasteiger partial charge in [-0.2, -0.15) is 13.2 Å². The predicted octanol–water partition coefficient (Wildman–Crippen LogP) is 4.28. The molecule has 1 aliphatic heterocycles. The Hall–Kier alpha value is -2.10. The maximum absolute atomic E-state index is 13.0. The molecular weight excluding hydrogens is 437 g/mol. The Labute approximate surface area is 184 Å². The number of nitrogens with one attached hydrogen (secondary N) is 1. The van der Waals surface area contributed by atoms with E-state index in [1.165, 1.54) is 12.1 Å². The molecule has 1 aromatic carbocycles. The number of halogens is 4. The zero-order chi connectivity index (χ0) is 23.6. The smallest absolute Gasteiger partial charge is 0.417 e. The van der Waals surface area contributed by atoms with Gasteiger partial charge in [0.1, 0.15) is 0 Å². The van der Waals surface area contributed by atoms with Gasteiger partial charge in [-0.15, -0.1) is 0 Å². The van der Waals surface area contributed by atoms with Crippen molar-refractivity contribution in [3.63, 3.8) is 0 Å². The van der Waals surface area contributed by atoms with Gasteiger partial charge in [-0.05, 0) is 49.5 Å². The summed E-state index contributed by atoms with van der Waals surface area (Å²) in [5.41, 5.74) is -0.0765. The molecule has 1 aliphatic rings. The van der Waals surface area contributed by atoms with Gasteiger partial charge in [0.15, 0.2) is 0 Å². The van der Waals surface area contributed by atoms with Crippen molar-refractivity contribution in [1.29, 1.82) is 0 Å². The Kier molecular flexibility index (Phi) is 11.0. The number of carboxylic acid groups (broad SMARTS) is 2. The number of benzene rings is 1. The van der Waals surface area contributed by atoms with Crippen LogP contribution in [0.1, 0.15) is 37.8 Å². The van der Waals surface area contributed by atoms with Crippen LogP contribution in [0.2, 0.25) is 5.02 Å². The molecule has 6 nitrogen and oxygen atoms in total. The van der Waals surface area contributed by atoms with Crippen molar-refractivity contribution >= 4 is 23.5 Å². The topological polar surface area (TPSA) is 89.9 Å². The third kappa shape index (κ3) is 10.7. The lowest BCUT2D eigenvalue weighted by molar-refractivity contribution is -0.137. The quantitative estimate of drug-likeness (QED) is 0.522. The van der Waals surface area contributed by atoms with Crippen molar-refractivity contribution in [2.75, 3.05) is 19.6 Å². The molecule has 0 aromatic heterocycles. The fourth-order valence-corrected chi connectivity index (χ4v) is 3.47. The minimum Gasteiger partial charge on any atom is -0.478 e. The summed E-state index contributed by atoms with van der Waals surface area (Å²) in [7, 11) is 0. The zero-order valence-corrected chi connectivity index (χ0v) is 18.2. The van der Waals surface area contributed by atoms with Gasteiger partial charge in [0.2, 0.25) is 0 Å². The lowest BCUT2D eigenvalue weighted by Gasteiger charge is -2.36. The van der Waals surface area contributed by atoms with Crippen LogP contribution in [0, 0.1) is 5.92 Å². The fourth-order valence-electron chi connectivity index (χ4n) is 3.25. The standard InChI is InChI=1S/C17H24ClF3N2.C4H4O4/c1-12(2)10-23(14-5-7-22-8-6-14)11-13-3-4-16(18)15(9-13)17(19,20)21;5-3(6)1-2-4(7)8/h3-4,9,12,14,22H,5-8,10-11H2,1-2H3;1-2H,(H,5,6)(H,7,8). The van der Waals surface area contributed by atoms with E-state index in [4.69, 9.17) is 21.8 Å². The molecule has 0 bridgehead atoms. The molecule has 1 aromatic rings. The summed E-state index contributed by atoms with van der Waals surface area (Å²) in [5.74, 6) is -2.04.